The molecule has 0 aliphatic heterocycles. The standard InChI is InChI=1S/C24H28N6O/c1-17(11-12-25)20-22-23(21-19(29-20)10-7-14-26-21)30(16-28-22)15-6-5-13-27-24(31)18-8-3-2-4-9-18/h2-4,7-10,14,16-17H,5-6,11-13,15,25H2,1H3,(H,27,31). The van der Waals surface area contributed by atoms with E-state index in [1.54, 1.807) is 6.20 Å². The Hall–Kier alpha value is -3.32. The van der Waals surface area contributed by atoms with E-state index in [1.807, 2.05) is 48.8 Å². The third-order valence-corrected chi connectivity index (χ3v) is 5.55. The quantitative estimate of drug-likeness (QED) is 0.406. The summed E-state index contributed by atoms with van der Waals surface area (Å²) in [5.41, 5.74) is 11.1. The number of unbranched alkanes of at least 4 members (excludes halogenated alkanes) is 1. The minimum Gasteiger partial charge on any atom is -0.352 e. The molecule has 160 valence electrons. The van der Waals surface area contributed by atoms with Crippen molar-refractivity contribution in [3.8, 4) is 0 Å². The lowest BCUT2D eigenvalue weighted by molar-refractivity contribution is 0.0953. The second kappa shape index (κ2) is 9.66. The van der Waals surface area contributed by atoms with Gasteiger partial charge in [-0.3, -0.25) is 9.78 Å². The fraction of sp³-hybridized carbons (Fsp3) is 0.333. The van der Waals surface area contributed by atoms with Crippen molar-refractivity contribution in [1.29, 1.82) is 0 Å². The largest absolute Gasteiger partial charge is 0.352 e. The zero-order valence-electron chi connectivity index (χ0n) is 17.8. The van der Waals surface area contributed by atoms with Crippen LogP contribution in [0.5, 0.6) is 0 Å². The molecule has 1 aromatic carbocycles. The number of fused-ring (bicyclic) bond motifs is 3. The Morgan fingerprint density at radius 2 is 1.94 bits per heavy atom. The van der Waals surface area contributed by atoms with Gasteiger partial charge in [0.25, 0.3) is 5.91 Å². The molecule has 1 atom stereocenters. The predicted octanol–water partition coefficient (Wildman–Crippen LogP) is 3.64. The molecule has 31 heavy (non-hydrogen) atoms. The number of imidazole rings is 1. The summed E-state index contributed by atoms with van der Waals surface area (Å²) >= 11 is 0. The Balaban J connectivity index is 1.47. The van der Waals surface area contributed by atoms with Gasteiger partial charge >= 0.3 is 0 Å². The van der Waals surface area contributed by atoms with Gasteiger partial charge in [-0.05, 0) is 50.1 Å². The molecule has 3 N–H and O–H groups in total. The van der Waals surface area contributed by atoms with Gasteiger partial charge in [-0.25, -0.2) is 9.97 Å². The normalized spacial score (nSPS) is 12.3. The molecular formula is C24H28N6O. The second-order valence-electron chi connectivity index (χ2n) is 7.81. The third kappa shape index (κ3) is 4.56. The lowest BCUT2D eigenvalue weighted by Gasteiger charge is -2.13. The van der Waals surface area contributed by atoms with Gasteiger partial charge in [-0.15, -0.1) is 0 Å². The lowest BCUT2D eigenvalue weighted by atomic mass is 10.0. The third-order valence-electron chi connectivity index (χ3n) is 5.55. The van der Waals surface area contributed by atoms with Crippen LogP contribution in [-0.4, -0.2) is 38.5 Å². The number of hydrogen-bond donors (Lipinski definition) is 2. The Kier molecular flexibility index (Phi) is 6.52. The minimum atomic E-state index is -0.0338. The summed E-state index contributed by atoms with van der Waals surface area (Å²) in [6.45, 7) is 4.20. The summed E-state index contributed by atoms with van der Waals surface area (Å²) in [7, 11) is 0. The number of carbonyl (C=O) groups excluding carboxylic acids is 1. The molecule has 4 rings (SSSR count). The van der Waals surface area contributed by atoms with E-state index in [2.05, 4.69) is 26.8 Å². The van der Waals surface area contributed by atoms with Gasteiger partial charge in [-0.1, -0.05) is 25.1 Å². The molecule has 0 fully saturated rings. The van der Waals surface area contributed by atoms with E-state index >= 15 is 0 Å². The highest BCUT2D eigenvalue weighted by Crippen LogP contribution is 2.29. The van der Waals surface area contributed by atoms with Crippen molar-refractivity contribution >= 4 is 28.0 Å². The van der Waals surface area contributed by atoms with E-state index < -0.39 is 0 Å². The molecule has 0 saturated carbocycles. The first-order valence-electron chi connectivity index (χ1n) is 10.8. The number of rotatable bonds is 9. The van der Waals surface area contributed by atoms with E-state index in [-0.39, 0.29) is 11.8 Å². The lowest BCUT2D eigenvalue weighted by Crippen LogP contribution is -2.24. The molecule has 0 aliphatic carbocycles. The predicted molar refractivity (Wildman–Crippen MR) is 123 cm³/mol. The number of pyridine rings is 2. The molecule has 3 heterocycles. The molecule has 0 aliphatic rings. The topological polar surface area (TPSA) is 98.7 Å². The molecule has 0 bridgehead atoms. The summed E-state index contributed by atoms with van der Waals surface area (Å²) in [4.78, 5) is 26.3. The van der Waals surface area contributed by atoms with Gasteiger partial charge in [0.15, 0.2) is 0 Å². The zero-order valence-corrected chi connectivity index (χ0v) is 17.8. The van der Waals surface area contributed by atoms with Crippen LogP contribution in [0, 0.1) is 0 Å². The van der Waals surface area contributed by atoms with Crippen LogP contribution in [0.25, 0.3) is 22.1 Å². The number of nitrogens with two attached hydrogens (primary N) is 1. The van der Waals surface area contributed by atoms with Crippen molar-refractivity contribution in [3.05, 3.63) is 66.2 Å². The number of benzene rings is 1. The summed E-state index contributed by atoms with van der Waals surface area (Å²) in [6.07, 6.45) is 6.34. The maximum atomic E-state index is 12.2. The van der Waals surface area contributed by atoms with Crippen molar-refractivity contribution in [2.24, 2.45) is 5.73 Å². The highest BCUT2D eigenvalue weighted by atomic mass is 16.1. The average molecular weight is 417 g/mol. The zero-order chi connectivity index (χ0) is 21.6. The van der Waals surface area contributed by atoms with Crippen LogP contribution in [-0.2, 0) is 6.54 Å². The molecule has 1 amide bonds. The minimum absolute atomic E-state index is 0.0338. The monoisotopic (exact) mass is 416 g/mol. The van der Waals surface area contributed by atoms with Crippen LogP contribution in [0.3, 0.4) is 0 Å². The van der Waals surface area contributed by atoms with Crippen molar-refractivity contribution in [2.45, 2.75) is 38.6 Å². The van der Waals surface area contributed by atoms with Crippen LogP contribution in [0.1, 0.15) is 48.2 Å². The first-order chi connectivity index (χ1) is 15.2. The van der Waals surface area contributed by atoms with Gasteiger partial charge in [0.1, 0.15) is 11.0 Å². The molecule has 0 radical (unpaired) electrons. The van der Waals surface area contributed by atoms with Crippen LogP contribution in [0.2, 0.25) is 0 Å². The summed E-state index contributed by atoms with van der Waals surface area (Å²) < 4.78 is 2.16. The Bertz CT molecular complexity index is 1170. The molecule has 4 aromatic rings. The molecule has 3 aromatic heterocycles. The van der Waals surface area contributed by atoms with Crippen LogP contribution in [0.4, 0.5) is 0 Å². The Labute approximate surface area is 181 Å². The summed E-state index contributed by atoms with van der Waals surface area (Å²) in [5.74, 6) is 0.196. The fourth-order valence-corrected chi connectivity index (χ4v) is 3.87. The summed E-state index contributed by atoms with van der Waals surface area (Å²) in [5, 5.41) is 2.99. The maximum Gasteiger partial charge on any atom is 0.251 e. The highest BCUT2D eigenvalue weighted by Gasteiger charge is 2.18. The van der Waals surface area contributed by atoms with E-state index in [4.69, 9.17) is 10.7 Å². The SMILES string of the molecule is CC(CCN)c1nc2cccnc2c2c1ncn2CCCCNC(=O)c1ccccc1. The fourth-order valence-electron chi connectivity index (χ4n) is 3.87. The number of nitrogens with zero attached hydrogens (tertiary/aromatic N) is 4. The molecule has 0 saturated heterocycles. The van der Waals surface area contributed by atoms with Gasteiger partial charge in [0.2, 0.25) is 0 Å². The number of carbonyl (C=O) groups is 1. The number of hydrogen-bond acceptors (Lipinski definition) is 5. The second-order valence-corrected chi connectivity index (χ2v) is 7.81. The maximum absolute atomic E-state index is 12.2. The molecule has 1 unspecified atom stereocenters. The van der Waals surface area contributed by atoms with Crippen molar-refractivity contribution in [3.63, 3.8) is 0 Å². The first kappa shape index (κ1) is 20.9. The smallest absolute Gasteiger partial charge is 0.251 e. The number of aromatic nitrogens is 4. The van der Waals surface area contributed by atoms with Gasteiger partial charge in [0, 0.05) is 30.8 Å². The first-order valence-corrected chi connectivity index (χ1v) is 10.8. The van der Waals surface area contributed by atoms with Crippen LogP contribution < -0.4 is 11.1 Å². The van der Waals surface area contributed by atoms with Gasteiger partial charge < -0.3 is 15.6 Å². The van der Waals surface area contributed by atoms with Crippen LogP contribution in [0.15, 0.2) is 55.0 Å². The van der Waals surface area contributed by atoms with Crippen molar-refractivity contribution in [2.75, 3.05) is 13.1 Å². The van der Waals surface area contributed by atoms with Crippen LogP contribution >= 0.6 is 0 Å². The molecular weight excluding hydrogens is 388 g/mol. The molecule has 7 heteroatoms. The average Bonchev–Trinajstić information content (AvgIpc) is 3.23. The number of amides is 1. The Morgan fingerprint density at radius 1 is 1.10 bits per heavy atom. The number of aryl methyl sites for hydroxylation is 1. The van der Waals surface area contributed by atoms with E-state index in [9.17, 15) is 4.79 Å². The molecule has 0 spiro atoms. The van der Waals surface area contributed by atoms with Crippen molar-refractivity contribution in [1.82, 2.24) is 24.8 Å². The van der Waals surface area contributed by atoms with E-state index in [0.717, 1.165) is 53.6 Å². The Morgan fingerprint density at radius 3 is 2.74 bits per heavy atom. The molecule has 7 nitrogen and oxygen atoms in total. The van der Waals surface area contributed by atoms with E-state index in [0.29, 0.717) is 18.7 Å². The van der Waals surface area contributed by atoms with Gasteiger partial charge in [0.05, 0.1) is 23.1 Å². The number of nitrogens with one attached hydrogen (secondary N) is 1. The van der Waals surface area contributed by atoms with Crippen molar-refractivity contribution < 1.29 is 4.79 Å². The summed E-state index contributed by atoms with van der Waals surface area (Å²) in [6, 6.07) is 13.2. The van der Waals surface area contributed by atoms with E-state index in [1.165, 1.54) is 0 Å². The highest BCUT2D eigenvalue weighted by molar-refractivity contribution is 6.00. The van der Waals surface area contributed by atoms with Gasteiger partial charge in [-0.2, -0.15) is 0 Å².